The Morgan fingerprint density at radius 2 is 1.95 bits per heavy atom. The predicted molar refractivity (Wildman–Crippen MR) is 145 cm³/mol. The van der Waals surface area contributed by atoms with Gasteiger partial charge in [-0.3, -0.25) is 9.46 Å². The summed E-state index contributed by atoms with van der Waals surface area (Å²) >= 11 is 5.20. The second-order valence-electron chi connectivity index (χ2n) is 8.64. The largest absolute Gasteiger partial charge is 0.442 e. The van der Waals surface area contributed by atoms with E-state index in [9.17, 15) is 28.4 Å². The molecule has 0 aliphatic carbocycles. The van der Waals surface area contributed by atoms with Crippen LogP contribution in [-0.4, -0.2) is 76.8 Å². The quantitative estimate of drug-likeness (QED) is 0.254. The van der Waals surface area contributed by atoms with Crippen molar-refractivity contribution >= 4 is 51.3 Å². The topological polar surface area (TPSA) is 141 Å². The van der Waals surface area contributed by atoms with Gasteiger partial charge < -0.3 is 39.1 Å². The van der Waals surface area contributed by atoms with Gasteiger partial charge in [-0.25, -0.2) is 9.18 Å². The number of carbonyl (C=O) groups excluding carboxylic acids is 1. The standard InChI is InChI=1S/C23H28FN3O8P2S/c24-19-12-16(3-6-20(19)26-7-9-33-10-8-26)27-14-18(35-23(27)28)13-25-22(38)34-17-4-1-15(2-5-17)11-21(36(29)30)37(31)32/h1-6,12,18,21,29-30,37H,7-11,13-14H2,(H,25,38)(H,31,32)/t18-,21?/m0/s1. The number of hydrogen-bond acceptors (Lipinski definition) is 9. The molecular weight excluding hydrogens is 559 g/mol. The number of rotatable bonds is 9. The van der Waals surface area contributed by atoms with Crippen LogP contribution in [0.1, 0.15) is 5.56 Å². The number of carbonyl (C=O) groups is 1. The van der Waals surface area contributed by atoms with Gasteiger partial charge in [-0.2, -0.15) is 0 Å². The van der Waals surface area contributed by atoms with Gasteiger partial charge in [0.1, 0.15) is 23.1 Å². The molecule has 2 saturated heterocycles. The highest BCUT2D eigenvalue weighted by atomic mass is 32.1. The smallest absolute Gasteiger partial charge is 0.414 e. The fraction of sp³-hybridized carbons (Fsp3) is 0.391. The molecule has 2 fully saturated rings. The van der Waals surface area contributed by atoms with Gasteiger partial charge in [-0.05, 0) is 54.5 Å². The molecule has 2 aliphatic rings. The van der Waals surface area contributed by atoms with Gasteiger partial charge in [0.05, 0.1) is 37.7 Å². The molecule has 0 bridgehead atoms. The summed E-state index contributed by atoms with van der Waals surface area (Å²) in [6.45, 7) is 2.66. The van der Waals surface area contributed by atoms with Crippen LogP contribution in [0.5, 0.6) is 5.75 Å². The van der Waals surface area contributed by atoms with E-state index in [-0.39, 0.29) is 24.7 Å². The molecule has 0 spiro atoms. The molecule has 2 heterocycles. The lowest BCUT2D eigenvalue weighted by Gasteiger charge is -2.29. The summed E-state index contributed by atoms with van der Waals surface area (Å²) in [5, 5.41) is 1.83. The number of anilines is 2. The van der Waals surface area contributed by atoms with Crippen LogP contribution in [0.2, 0.25) is 0 Å². The summed E-state index contributed by atoms with van der Waals surface area (Å²) in [4.78, 5) is 43.6. The first-order valence-corrected chi connectivity index (χ1v) is 14.9. The van der Waals surface area contributed by atoms with Crippen LogP contribution in [0, 0.1) is 5.82 Å². The minimum absolute atomic E-state index is 0.0410. The highest BCUT2D eigenvalue weighted by Crippen LogP contribution is 2.46. The van der Waals surface area contributed by atoms with Crippen molar-refractivity contribution < 1.29 is 42.6 Å². The third kappa shape index (κ3) is 7.39. The number of hydrogen-bond donors (Lipinski definition) is 4. The molecule has 0 saturated carbocycles. The molecular formula is C23H28FN3O8P2S. The van der Waals surface area contributed by atoms with E-state index < -0.39 is 39.8 Å². The lowest BCUT2D eigenvalue weighted by Crippen LogP contribution is -2.37. The van der Waals surface area contributed by atoms with Crippen LogP contribution >= 0.6 is 28.6 Å². The van der Waals surface area contributed by atoms with Gasteiger partial charge in [0.2, 0.25) is 8.03 Å². The number of ether oxygens (including phenoxy) is 3. The van der Waals surface area contributed by atoms with Gasteiger partial charge in [0, 0.05) is 13.1 Å². The maximum atomic E-state index is 14.8. The average Bonchev–Trinajstić information content (AvgIpc) is 3.27. The Balaban J connectivity index is 1.26. The number of halogens is 1. The van der Waals surface area contributed by atoms with Crippen molar-refractivity contribution in [2.75, 3.05) is 49.2 Å². The minimum Gasteiger partial charge on any atom is -0.442 e. The normalized spacial score (nSPS) is 19.3. The number of cyclic esters (lactones) is 1. The van der Waals surface area contributed by atoms with Crippen LogP contribution < -0.4 is 19.9 Å². The van der Waals surface area contributed by atoms with Crippen LogP contribution in [0.4, 0.5) is 20.6 Å². The molecule has 3 atom stereocenters. The molecule has 11 nitrogen and oxygen atoms in total. The van der Waals surface area contributed by atoms with E-state index in [4.69, 9.17) is 26.4 Å². The van der Waals surface area contributed by atoms with E-state index in [1.165, 1.54) is 11.0 Å². The Kier molecular flexibility index (Phi) is 9.89. The molecule has 0 aromatic heterocycles. The van der Waals surface area contributed by atoms with Crippen molar-refractivity contribution in [2.24, 2.45) is 0 Å². The summed E-state index contributed by atoms with van der Waals surface area (Å²) in [5.74, 6) is -0.0234. The Bertz CT molecular complexity index is 1170. The summed E-state index contributed by atoms with van der Waals surface area (Å²) in [5.41, 5.74) is 1.50. The van der Waals surface area contributed by atoms with Crippen LogP contribution in [-0.2, 0) is 20.5 Å². The molecule has 38 heavy (non-hydrogen) atoms. The molecule has 4 N–H and O–H groups in total. The van der Waals surface area contributed by atoms with E-state index in [1.807, 2.05) is 4.90 Å². The van der Waals surface area contributed by atoms with E-state index in [0.29, 0.717) is 49.0 Å². The lowest BCUT2D eigenvalue weighted by atomic mass is 10.2. The summed E-state index contributed by atoms with van der Waals surface area (Å²) in [6.07, 6.45) is -1.09. The zero-order valence-corrected chi connectivity index (χ0v) is 22.9. The van der Waals surface area contributed by atoms with E-state index in [0.717, 1.165) is 0 Å². The van der Waals surface area contributed by atoms with Gasteiger partial charge in [-0.15, -0.1) is 0 Å². The molecule has 2 unspecified atom stereocenters. The average molecular weight is 588 g/mol. The van der Waals surface area contributed by atoms with Crippen molar-refractivity contribution in [1.82, 2.24) is 5.32 Å². The minimum atomic E-state index is -3.10. The Morgan fingerprint density at radius 1 is 1.24 bits per heavy atom. The molecule has 15 heteroatoms. The highest BCUT2D eigenvalue weighted by molar-refractivity contribution is 7.80. The van der Waals surface area contributed by atoms with E-state index >= 15 is 0 Å². The Labute approximate surface area is 225 Å². The first-order valence-electron chi connectivity index (χ1n) is 11.8. The fourth-order valence-corrected chi connectivity index (χ4v) is 5.84. The molecule has 4 rings (SSSR count). The lowest BCUT2D eigenvalue weighted by molar-refractivity contribution is 0.122. The molecule has 2 aliphatic heterocycles. The highest BCUT2D eigenvalue weighted by Gasteiger charge is 2.33. The van der Waals surface area contributed by atoms with Gasteiger partial charge >= 0.3 is 6.09 Å². The number of thiocarbonyl (C=S) groups is 1. The maximum Gasteiger partial charge on any atom is 0.414 e. The van der Waals surface area contributed by atoms with Gasteiger partial charge in [-0.1, -0.05) is 12.1 Å². The predicted octanol–water partition coefficient (Wildman–Crippen LogP) is 2.57. The zero-order valence-electron chi connectivity index (χ0n) is 20.2. The molecule has 206 valence electrons. The fourth-order valence-electron chi connectivity index (χ4n) is 4.09. The first kappa shape index (κ1) is 28.6. The first-order chi connectivity index (χ1) is 18.2. The number of nitrogens with one attached hydrogen (secondary N) is 1. The van der Waals surface area contributed by atoms with E-state index in [1.54, 1.807) is 36.4 Å². The number of benzene rings is 2. The van der Waals surface area contributed by atoms with Crippen molar-refractivity contribution in [3.05, 3.63) is 53.8 Å². The maximum absolute atomic E-state index is 14.8. The second-order valence-corrected chi connectivity index (χ2v) is 12.1. The summed E-state index contributed by atoms with van der Waals surface area (Å²) in [6, 6.07) is 11.1. The van der Waals surface area contributed by atoms with Crippen LogP contribution in [0.3, 0.4) is 0 Å². The van der Waals surface area contributed by atoms with Crippen LogP contribution in [0.15, 0.2) is 42.5 Å². The summed E-state index contributed by atoms with van der Waals surface area (Å²) < 4.78 is 42.4. The zero-order chi connectivity index (χ0) is 27.2. The number of nitrogens with zero attached hydrogens (tertiary/aromatic N) is 2. The summed E-state index contributed by atoms with van der Waals surface area (Å²) in [7, 11) is -5.62. The number of amides is 1. The molecule has 0 radical (unpaired) electrons. The molecule has 2 aromatic carbocycles. The van der Waals surface area contributed by atoms with E-state index in [2.05, 4.69) is 5.32 Å². The molecule has 2 aromatic rings. The van der Waals surface area contributed by atoms with Crippen molar-refractivity contribution in [3.63, 3.8) is 0 Å². The third-order valence-electron chi connectivity index (χ3n) is 6.07. The van der Waals surface area contributed by atoms with Gasteiger partial charge in [0.15, 0.2) is 8.38 Å². The Morgan fingerprint density at radius 3 is 2.58 bits per heavy atom. The van der Waals surface area contributed by atoms with Gasteiger partial charge in [0.25, 0.3) is 5.17 Å². The van der Waals surface area contributed by atoms with Crippen molar-refractivity contribution in [1.29, 1.82) is 0 Å². The molecule has 1 amide bonds. The SMILES string of the molecule is O=C1O[C@@H](CNC(=S)Oc2ccc(CC(P(O)O)[PH](=O)O)cc2)CN1c1ccc(N2CCOCC2)c(F)c1. The van der Waals surface area contributed by atoms with Crippen molar-refractivity contribution in [3.8, 4) is 5.75 Å². The Hall–Kier alpha value is -2.37. The number of morpholine rings is 1. The second kappa shape index (κ2) is 13.1. The monoisotopic (exact) mass is 587 g/mol. The van der Waals surface area contributed by atoms with Crippen molar-refractivity contribution in [2.45, 2.75) is 17.9 Å². The van der Waals surface area contributed by atoms with Crippen LogP contribution in [0.25, 0.3) is 0 Å². The third-order valence-corrected chi connectivity index (χ3v) is 9.17.